The Morgan fingerprint density at radius 3 is 2.32 bits per heavy atom. The molecule has 0 aliphatic heterocycles. The second kappa shape index (κ2) is 5.66. The number of benzene rings is 2. The van der Waals surface area contributed by atoms with Gasteiger partial charge in [-0.05, 0) is 18.2 Å². The minimum atomic E-state index is -0.578. The molecule has 6 heteroatoms. The maximum atomic E-state index is 13.3. The number of rotatable bonds is 2. The standard InChI is InChI=1S/C13H5Cl3FNO/c14-10-4-12(16)13(5-11(10)15)19-9-2-7(6-18)1-8(17)3-9/h1-5H. The van der Waals surface area contributed by atoms with Crippen molar-refractivity contribution >= 4 is 34.8 Å². The van der Waals surface area contributed by atoms with Crippen LogP contribution in [0.1, 0.15) is 5.56 Å². The lowest BCUT2D eigenvalue weighted by Gasteiger charge is -2.09. The quantitative estimate of drug-likeness (QED) is 0.690. The van der Waals surface area contributed by atoms with Crippen LogP contribution in [0.5, 0.6) is 11.5 Å². The molecule has 2 aromatic rings. The van der Waals surface area contributed by atoms with Gasteiger partial charge in [-0.2, -0.15) is 5.26 Å². The molecular weight excluding hydrogens is 312 g/mol. The van der Waals surface area contributed by atoms with Gasteiger partial charge in [0, 0.05) is 12.1 Å². The lowest BCUT2D eigenvalue weighted by molar-refractivity contribution is 0.477. The summed E-state index contributed by atoms with van der Waals surface area (Å²) in [5.74, 6) is -0.201. The van der Waals surface area contributed by atoms with Crippen LogP contribution in [0.2, 0.25) is 15.1 Å². The van der Waals surface area contributed by atoms with Crippen LogP contribution in [0, 0.1) is 17.1 Å². The van der Waals surface area contributed by atoms with Crippen molar-refractivity contribution in [1.82, 2.24) is 0 Å². The monoisotopic (exact) mass is 315 g/mol. The Kier molecular flexibility index (Phi) is 4.16. The molecule has 0 radical (unpaired) electrons. The zero-order valence-electron chi connectivity index (χ0n) is 9.25. The van der Waals surface area contributed by atoms with Crippen LogP contribution in [0.15, 0.2) is 30.3 Å². The zero-order chi connectivity index (χ0) is 14.0. The van der Waals surface area contributed by atoms with E-state index in [0.717, 1.165) is 12.1 Å². The van der Waals surface area contributed by atoms with E-state index in [-0.39, 0.29) is 32.1 Å². The summed E-state index contributed by atoms with van der Waals surface area (Å²) in [6, 6.07) is 8.30. The van der Waals surface area contributed by atoms with Gasteiger partial charge in [0.25, 0.3) is 0 Å². The van der Waals surface area contributed by atoms with E-state index >= 15 is 0 Å². The third-order valence-corrected chi connectivity index (χ3v) is 3.22. The molecule has 19 heavy (non-hydrogen) atoms. The summed E-state index contributed by atoms with van der Waals surface area (Å²) in [7, 11) is 0. The van der Waals surface area contributed by atoms with Gasteiger partial charge in [0.05, 0.1) is 26.7 Å². The van der Waals surface area contributed by atoms with E-state index in [4.69, 9.17) is 44.8 Å². The SMILES string of the molecule is N#Cc1cc(F)cc(Oc2cc(Cl)c(Cl)cc2Cl)c1. The van der Waals surface area contributed by atoms with Gasteiger partial charge in [0.1, 0.15) is 17.3 Å². The predicted molar refractivity (Wildman–Crippen MR) is 72.7 cm³/mol. The minimum absolute atomic E-state index is 0.145. The van der Waals surface area contributed by atoms with Gasteiger partial charge in [-0.25, -0.2) is 4.39 Å². The van der Waals surface area contributed by atoms with Crippen LogP contribution in [-0.2, 0) is 0 Å². The predicted octanol–water partition coefficient (Wildman–Crippen LogP) is 5.45. The molecule has 96 valence electrons. The first-order valence-electron chi connectivity index (χ1n) is 5.02. The minimum Gasteiger partial charge on any atom is -0.456 e. The Balaban J connectivity index is 2.39. The van der Waals surface area contributed by atoms with Crippen molar-refractivity contribution in [2.24, 2.45) is 0 Å². The van der Waals surface area contributed by atoms with Crippen LogP contribution in [0.25, 0.3) is 0 Å². The van der Waals surface area contributed by atoms with Gasteiger partial charge in [0.2, 0.25) is 0 Å². The highest BCUT2D eigenvalue weighted by molar-refractivity contribution is 6.43. The molecule has 0 aliphatic carbocycles. The van der Waals surface area contributed by atoms with Crippen LogP contribution >= 0.6 is 34.8 Å². The molecule has 0 amide bonds. The molecule has 0 saturated carbocycles. The molecule has 2 aromatic carbocycles. The van der Waals surface area contributed by atoms with E-state index in [1.54, 1.807) is 0 Å². The van der Waals surface area contributed by atoms with E-state index in [1.165, 1.54) is 18.2 Å². The van der Waals surface area contributed by atoms with Gasteiger partial charge in [-0.1, -0.05) is 34.8 Å². The molecule has 0 saturated heterocycles. The summed E-state index contributed by atoms with van der Waals surface area (Å²) in [5.41, 5.74) is 0.145. The number of ether oxygens (including phenoxy) is 1. The Bertz CT molecular complexity index is 682. The Morgan fingerprint density at radius 2 is 1.63 bits per heavy atom. The van der Waals surface area contributed by atoms with E-state index in [9.17, 15) is 4.39 Å². The Hall–Kier alpha value is -1.47. The van der Waals surface area contributed by atoms with Gasteiger partial charge < -0.3 is 4.74 Å². The van der Waals surface area contributed by atoms with Gasteiger partial charge in [-0.3, -0.25) is 0 Å². The zero-order valence-corrected chi connectivity index (χ0v) is 11.5. The summed E-state index contributed by atoms with van der Waals surface area (Å²) >= 11 is 17.6. The smallest absolute Gasteiger partial charge is 0.147 e. The van der Waals surface area contributed by atoms with Crippen molar-refractivity contribution < 1.29 is 9.13 Å². The molecule has 0 heterocycles. The van der Waals surface area contributed by atoms with E-state index < -0.39 is 5.82 Å². The summed E-state index contributed by atoms with van der Waals surface area (Å²) in [6.45, 7) is 0. The lowest BCUT2D eigenvalue weighted by atomic mass is 10.2. The normalized spacial score (nSPS) is 10.1. The fraction of sp³-hybridized carbons (Fsp3) is 0. The summed E-state index contributed by atoms with van der Waals surface area (Å²) < 4.78 is 18.7. The maximum absolute atomic E-state index is 13.3. The Morgan fingerprint density at radius 1 is 0.947 bits per heavy atom. The number of hydrogen-bond donors (Lipinski definition) is 0. The summed E-state index contributed by atoms with van der Waals surface area (Å²) in [4.78, 5) is 0. The fourth-order valence-electron chi connectivity index (χ4n) is 1.40. The molecule has 2 rings (SSSR count). The molecule has 0 unspecified atom stereocenters. The van der Waals surface area contributed by atoms with Crippen molar-refractivity contribution in [2.75, 3.05) is 0 Å². The van der Waals surface area contributed by atoms with Crippen molar-refractivity contribution in [2.45, 2.75) is 0 Å². The molecule has 0 fully saturated rings. The van der Waals surface area contributed by atoms with Crippen molar-refractivity contribution in [3.8, 4) is 17.6 Å². The van der Waals surface area contributed by atoms with Crippen molar-refractivity contribution in [3.63, 3.8) is 0 Å². The van der Waals surface area contributed by atoms with E-state index in [2.05, 4.69) is 0 Å². The molecule has 0 aromatic heterocycles. The Labute approximate surface area is 123 Å². The van der Waals surface area contributed by atoms with E-state index in [0.29, 0.717) is 0 Å². The highest BCUT2D eigenvalue weighted by Gasteiger charge is 2.09. The van der Waals surface area contributed by atoms with Crippen molar-refractivity contribution in [1.29, 1.82) is 5.26 Å². The average Bonchev–Trinajstić information content (AvgIpc) is 2.35. The van der Waals surface area contributed by atoms with E-state index in [1.807, 2.05) is 6.07 Å². The van der Waals surface area contributed by atoms with Crippen molar-refractivity contribution in [3.05, 3.63) is 56.8 Å². The van der Waals surface area contributed by atoms with Crippen LogP contribution in [0.4, 0.5) is 4.39 Å². The van der Waals surface area contributed by atoms with Gasteiger partial charge in [-0.15, -0.1) is 0 Å². The number of nitrogens with zero attached hydrogens (tertiary/aromatic N) is 1. The topological polar surface area (TPSA) is 33.0 Å². The number of hydrogen-bond acceptors (Lipinski definition) is 2. The first-order valence-corrected chi connectivity index (χ1v) is 6.16. The second-order valence-corrected chi connectivity index (χ2v) is 4.81. The van der Waals surface area contributed by atoms with Gasteiger partial charge >= 0.3 is 0 Å². The molecule has 0 atom stereocenters. The number of halogens is 4. The first-order chi connectivity index (χ1) is 8.99. The molecule has 0 N–H and O–H groups in total. The second-order valence-electron chi connectivity index (χ2n) is 3.59. The van der Waals surface area contributed by atoms with Gasteiger partial charge in [0.15, 0.2) is 0 Å². The van der Waals surface area contributed by atoms with Crippen LogP contribution in [0.3, 0.4) is 0 Å². The average molecular weight is 317 g/mol. The van der Waals surface area contributed by atoms with Crippen LogP contribution < -0.4 is 4.74 Å². The molecule has 0 spiro atoms. The summed E-state index contributed by atoms with van der Waals surface area (Å²) in [6.07, 6.45) is 0. The number of nitriles is 1. The first kappa shape index (κ1) is 14.0. The molecule has 0 bridgehead atoms. The third-order valence-electron chi connectivity index (χ3n) is 2.20. The molecular formula is C13H5Cl3FNO. The van der Waals surface area contributed by atoms with Crippen LogP contribution in [-0.4, -0.2) is 0 Å². The summed E-state index contributed by atoms with van der Waals surface area (Å²) in [5, 5.41) is 9.53. The highest BCUT2D eigenvalue weighted by atomic mass is 35.5. The molecule has 2 nitrogen and oxygen atoms in total. The third kappa shape index (κ3) is 3.30. The highest BCUT2D eigenvalue weighted by Crippen LogP contribution is 2.36. The lowest BCUT2D eigenvalue weighted by Crippen LogP contribution is -1.89. The maximum Gasteiger partial charge on any atom is 0.147 e. The molecule has 0 aliphatic rings. The largest absolute Gasteiger partial charge is 0.456 e. The fourth-order valence-corrected chi connectivity index (χ4v) is 1.97.